The molecule has 0 radical (unpaired) electrons. The number of primary sulfonamides is 1. The Morgan fingerprint density at radius 3 is 2.67 bits per heavy atom. The molecular weight excluding hydrogens is 272 g/mol. The third kappa shape index (κ3) is 3.09. The summed E-state index contributed by atoms with van der Waals surface area (Å²) >= 11 is 0.987. The number of sulfonamides is 1. The lowest BCUT2D eigenvalue weighted by Gasteiger charge is -2.19. The van der Waals surface area contributed by atoms with Crippen molar-refractivity contribution in [2.24, 2.45) is 11.1 Å². The fraction of sp³-hybridized carbons (Fsp3) is 0.545. The largest absolute Gasteiger partial charge is 0.339 e. The van der Waals surface area contributed by atoms with Gasteiger partial charge in [0.15, 0.2) is 0 Å². The number of thiophene rings is 1. The zero-order chi connectivity index (χ0) is 13.3. The summed E-state index contributed by atoms with van der Waals surface area (Å²) in [5.41, 5.74) is 0.409. The van der Waals surface area contributed by atoms with Crippen LogP contribution in [0.1, 0.15) is 30.1 Å². The van der Waals surface area contributed by atoms with E-state index in [4.69, 9.17) is 5.14 Å². The Balaban J connectivity index is 2.14. The summed E-state index contributed by atoms with van der Waals surface area (Å²) in [5.74, 6) is 0.501. The van der Waals surface area contributed by atoms with Gasteiger partial charge in [0.1, 0.15) is 4.21 Å². The number of amides is 1. The summed E-state index contributed by atoms with van der Waals surface area (Å²) in [4.78, 5) is 13.9. The van der Waals surface area contributed by atoms with E-state index in [0.717, 1.165) is 17.9 Å². The summed E-state index contributed by atoms with van der Waals surface area (Å²) < 4.78 is 22.4. The Labute approximate surface area is 111 Å². The second kappa shape index (κ2) is 4.99. The number of hydrogen-bond donors (Lipinski definition) is 1. The lowest BCUT2D eigenvalue weighted by molar-refractivity contribution is 0.0757. The first-order valence-electron chi connectivity index (χ1n) is 5.82. The van der Waals surface area contributed by atoms with E-state index >= 15 is 0 Å². The van der Waals surface area contributed by atoms with Gasteiger partial charge in [0.25, 0.3) is 5.91 Å². The summed E-state index contributed by atoms with van der Waals surface area (Å²) in [7, 11) is -3.71. The third-order valence-corrected chi connectivity index (χ3v) is 5.33. The molecule has 1 aromatic heterocycles. The smallest absolute Gasteiger partial charge is 0.254 e. The average Bonchev–Trinajstić information content (AvgIpc) is 2.95. The molecule has 5 nitrogen and oxygen atoms in total. The predicted molar refractivity (Wildman–Crippen MR) is 70.0 cm³/mol. The van der Waals surface area contributed by atoms with Crippen LogP contribution in [0.15, 0.2) is 15.7 Å². The van der Waals surface area contributed by atoms with Gasteiger partial charge < -0.3 is 4.90 Å². The molecule has 1 aliphatic rings. The maximum absolute atomic E-state index is 12.2. The van der Waals surface area contributed by atoms with E-state index in [1.807, 2.05) is 6.92 Å². The highest BCUT2D eigenvalue weighted by atomic mass is 32.2. The van der Waals surface area contributed by atoms with Gasteiger partial charge in [-0.15, -0.1) is 11.3 Å². The fourth-order valence-electron chi connectivity index (χ4n) is 1.73. The van der Waals surface area contributed by atoms with E-state index in [2.05, 4.69) is 0 Å². The van der Waals surface area contributed by atoms with Crippen molar-refractivity contribution in [1.29, 1.82) is 0 Å². The van der Waals surface area contributed by atoms with Gasteiger partial charge in [0.05, 0.1) is 5.56 Å². The van der Waals surface area contributed by atoms with Crippen molar-refractivity contribution in [1.82, 2.24) is 4.90 Å². The zero-order valence-electron chi connectivity index (χ0n) is 10.1. The molecule has 2 rings (SSSR count). The highest BCUT2D eigenvalue weighted by molar-refractivity contribution is 7.91. The maximum atomic E-state index is 12.2. The molecule has 1 fully saturated rings. The second-order valence-electron chi connectivity index (χ2n) is 4.49. The molecule has 100 valence electrons. The van der Waals surface area contributed by atoms with Crippen LogP contribution in [0.4, 0.5) is 0 Å². The van der Waals surface area contributed by atoms with Crippen molar-refractivity contribution < 1.29 is 13.2 Å². The minimum atomic E-state index is -3.71. The lowest BCUT2D eigenvalue weighted by atomic mass is 10.2. The highest BCUT2D eigenvalue weighted by Gasteiger charge is 2.27. The van der Waals surface area contributed by atoms with Crippen LogP contribution < -0.4 is 5.14 Å². The van der Waals surface area contributed by atoms with Crippen molar-refractivity contribution in [2.75, 3.05) is 13.1 Å². The van der Waals surface area contributed by atoms with E-state index in [1.165, 1.54) is 18.9 Å². The van der Waals surface area contributed by atoms with Crippen LogP contribution >= 0.6 is 11.3 Å². The number of nitrogens with two attached hydrogens (primary N) is 1. The Kier molecular flexibility index (Phi) is 3.74. The normalized spacial score (nSPS) is 15.7. The van der Waals surface area contributed by atoms with Crippen molar-refractivity contribution in [2.45, 2.75) is 24.0 Å². The van der Waals surface area contributed by atoms with E-state index in [0.29, 0.717) is 18.0 Å². The standard InChI is InChI=1S/C11H16N2O3S2/c1-2-13(6-8-3-4-8)11(14)9-5-10(17-7-9)18(12,15)16/h5,7-8H,2-4,6H2,1H3,(H2,12,15,16). The topological polar surface area (TPSA) is 80.5 Å². The Morgan fingerprint density at radius 1 is 1.56 bits per heavy atom. The van der Waals surface area contributed by atoms with Gasteiger partial charge >= 0.3 is 0 Å². The Hall–Kier alpha value is -0.920. The van der Waals surface area contributed by atoms with Crippen LogP contribution in [0.25, 0.3) is 0 Å². The molecule has 0 spiro atoms. The molecule has 18 heavy (non-hydrogen) atoms. The number of rotatable bonds is 5. The molecule has 0 unspecified atom stereocenters. The zero-order valence-corrected chi connectivity index (χ0v) is 11.8. The quantitative estimate of drug-likeness (QED) is 0.886. The van der Waals surface area contributed by atoms with Gasteiger partial charge in [0.2, 0.25) is 10.0 Å². The highest BCUT2D eigenvalue weighted by Crippen LogP contribution is 2.30. The molecule has 0 aliphatic heterocycles. The van der Waals surface area contributed by atoms with Crippen LogP contribution in [0.5, 0.6) is 0 Å². The van der Waals surface area contributed by atoms with Gasteiger partial charge in [0, 0.05) is 18.5 Å². The van der Waals surface area contributed by atoms with Gasteiger partial charge in [-0.3, -0.25) is 4.79 Å². The summed E-state index contributed by atoms with van der Waals surface area (Å²) in [5, 5.41) is 6.58. The minimum absolute atomic E-state index is 0.0355. The fourth-order valence-corrected chi connectivity index (χ4v) is 3.31. The number of hydrogen-bond acceptors (Lipinski definition) is 4. The third-order valence-electron chi connectivity index (χ3n) is 2.95. The Morgan fingerprint density at radius 2 is 2.22 bits per heavy atom. The van der Waals surface area contributed by atoms with E-state index in [9.17, 15) is 13.2 Å². The van der Waals surface area contributed by atoms with Gasteiger partial charge in [-0.05, 0) is 31.7 Å². The number of nitrogens with zero attached hydrogens (tertiary/aromatic N) is 1. The van der Waals surface area contributed by atoms with Gasteiger partial charge in [-0.2, -0.15) is 0 Å². The van der Waals surface area contributed by atoms with Crippen molar-refractivity contribution in [3.8, 4) is 0 Å². The number of carbonyl (C=O) groups excluding carboxylic acids is 1. The molecule has 1 aliphatic carbocycles. The first kappa shape index (κ1) is 13.5. The molecule has 0 atom stereocenters. The Bertz CT molecular complexity index is 546. The average molecular weight is 288 g/mol. The van der Waals surface area contributed by atoms with Crippen molar-refractivity contribution >= 4 is 27.3 Å². The molecule has 1 amide bonds. The van der Waals surface area contributed by atoms with E-state index < -0.39 is 10.0 Å². The summed E-state index contributed by atoms with van der Waals surface area (Å²) in [6.07, 6.45) is 2.35. The molecule has 0 saturated heterocycles. The second-order valence-corrected chi connectivity index (χ2v) is 7.19. The molecule has 1 aromatic rings. The van der Waals surface area contributed by atoms with Gasteiger partial charge in [-0.1, -0.05) is 0 Å². The minimum Gasteiger partial charge on any atom is -0.339 e. The first-order valence-corrected chi connectivity index (χ1v) is 8.25. The van der Waals surface area contributed by atoms with E-state index in [-0.39, 0.29) is 10.1 Å². The predicted octanol–water partition coefficient (Wildman–Crippen LogP) is 1.27. The molecule has 1 saturated carbocycles. The maximum Gasteiger partial charge on any atom is 0.254 e. The summed E-state index contributed by atoms with van der Waals surface area (Å²) in [6.45, 7) is 3.32. The number of carbonyl (C=O) groups is 1. The SMILES string of the molecule is CCN(CC1CC1)C(=O)c1csc(S(N)(=O)=O)c1. The molecule has 2 N–H and O–H groups in total. The van der Waals surface area contributed by atoms with Crippen LogP contribution in [0, 0.1) is 5.92 Å². The van der Waals surface area contributed by atoms with Crippen LogP contribution in [-0.4, -0.2) is 32.3 Å². The molecule has 7 heteroatoms. The molecular formula is C11H16N2O3S2. The van der Waals surface area contributed by atoms with Crippen LogP contribution in [0.2, 0.25) is 0 Å². The van der Waals surface area contributed by atoms with Crippen LogP contribution in [-0.2, 0) is 10.0 Å². The first-order chi connectivity index (χ1) is 8.41. The lowest BCUT2D eigenvalue weighted by Crippen LogP contribution is -2.32. The molecule has 1 heterocycles. The van der Waals surface area contributed by atoms with Crippen LogP contribution in [0.3, 0.4) is 0 Å². The van der Waals surface area contributed by atoms with E-state index in [1.54, 1.807) is 10.3 Å². The van der Waals surface area contributed by atoms with Crippen molar-refractivity contribution in [3.63, 3.8) is 0 Å². The molecule has 0 bridgehead atoms. The monoisotopic (exact) mass is 288 g/mol. The van der Waals surface area contributed by atoms with Crippen molar-refractivity contribution in [3.05, 3.63) is 17.0 Å². The molecule has 0 aromatic carbocycles. The van der Waals surface area contributed by atoms with Gasteiger partial charge in [-0.25, -0.2) is 13.6 Å². The summed E-state index contributed by atoms with van der Waals surface area (Å²) in [6, 6.07) is 1.36.